The van der Waals surface area contributed by atoms with Gasteiger partial charge in [-0.25, -0.2) is 0 Å². The van der Waals surface area contributed by atoms with Gasteiger partial charge in [-0.2, -0.15) is 15.0 Å². The standard InChI is InChI=1S/C13H27N7/c1-6-14-11-16-12(18-13(17-11)20(4)5)15-9-7-8-10-19(2)3/h6-10H2,1-5H3,(H2,14,15,16,17,18). The lowest BCUT2D eigenvalue weighted by molar-refractivity contribution is 0.396. The molecule has 1 aromatic rings. The van der Waals surface area contributed by atoms with E-state index in [1.165, 1.54) is 0 Å². The molecular formula is C13H27N7. The second kappa shape index (κ2) is 8.52. The van der Waals surface area contributed by atoms with Crippen molar-refractivity contribution >= 4 is 17.8 Å². The summed E-state index contributed by atoms with van der Waals surface area (Å²) in [6.07, 6.45) is 2.25. The molecule has 2 N–H and O–H groups in total. The highest BCUT2D eigenvalue weighted by molar-refractivity contribution is 5.42. The average Bonchev–Trinajstić information content (AvgIpc) is 2.38. The Hall–Kier alpha value is -1.63. The first-order valence-electron chi connectivity index (χ1n) is 7.08. The maximum absolute atomic E-state index is 4.39. The van der Waals surface area contributed by atoms with Crippen molar-refractivity contribution in [2.45, 2.75) is 19.8 Å². The molecule has 0 atom stereocenters. The highest BCUT2D eigenvalue weighted by Crippen LogP contribution is 2.11. The molecule has 0 saturated heterocycles. The van der Waals surface area contributed by atoms with Gasteiger partial charge in [0.2, 0.25) is 17.8 Å². The minimum absolute atomic E-state index is 0.613. The Balaban J connectivity index is 2.55. The Bertz CT molecular complexity index is 392. The quantitative estimate of drug-likeness (QED) is 0.657. The maximum atomic E-state index is 4.39. The van der Waals surface area contributed by atoms with Gasteiger partial charge in [0.25, 0.3) is 0 Å². The van der Waals surface area contributed by atoms with Crippen LogP contribution in [0.5, 0.6) is 0 Å². The molecule has 0 radical (unpaired) electrons. The van der Waals surface area contributed by atoms with Gasteiger partial charge in [-0.1, -0.05) is 0 Å². The van der Waals surface area contributed by atoms with Crippen LogP contribution >= 0.6 is 0 Å². The molecule has 0 aliphatic rings. The third kappa shape index (κ3) is 6.01. The van der Waals surface area contributed by atoms with Crippen molar-refractivity contribution in [1.82, 2.24) is 19.9 Å². The minimum atomic E-state index is 0.613. The zero-order chi connectivity index (χ0) is 15.0. The molecule has 0 unspecified atom stereocenters. The molecule has 0 aliphatic heterocycles. The summed E-state index contributed by atoms with van der Waals surface area (Å²) in [4.78, 5) is 17.1. The fraction of sp³-hybridized carbons (Fsp3) is 0.769. The maximum Gasteiger partial charge on any atom is 0.231 e. The van der Waals surface area contributed by atoms with Gasteiger partial charge in [0, 0.05) is 27.2 Å². The SMILES string of the molecule is CCNc1nc(NCCCCN(C)C)nc(N(C)C)n1. The first-order chi connectivity index (χ1) is 9.52. The van der Waals surface area contributed by atoms with Crippen LogP contribution in [0.3, 0.4) is 0 Å². The molecule has 0 amide bonds. The average molecular weight is 281 g/mol. The Morgan fingerprint density at radius 1 is 0.900 bits per heavy atom. The predicted molar refractivity (Wildman–Crippen MR) is 84.6 cm³/mol. The molecule has 1 rings (SSSR count). The van der Waals surface area contributed by atoms with E-state index in [2.05, 4.69) is 44.6 Å². The number of hydrogen-bond donors (Lipinski definition) is 2. The van der Waals surface area contributed by atoms with E-state index in [4.69, 9.17) is 0 Å². The number of nitrogens with zero attached hydrogens (tertiary/aromatic N) is 5. The normalized spacial score (nSPS) is 10.7. The summed E-state index contributed by atoms with van der Waals surface area (Å²) in [7, 11) is 8.02. The van der Waals surface area contributed by atoms with Crippen LogP contribution in [0, 0.1) is 0 Å². The van der Waals surface area contributed by atoms with Gasteiger partial charge in [0.05, 0.1) is 0 Å². The molecule has 7 heteroatoms. The van der Waals surface area contributed by atoms with E-state index >= 15 is 0 Å². The Morgan fingerprint density at radius 3 is 2.10 bits per heavy atom. The molecular weight excluding hydrogens is 254 g/mol. The first-order valence-corrected chi connectivity index (χ1v) is 7.08. The molecule has 0 saturated carbocycles. The van der Waals surface area contributed by atoms with Gasteiger partial charge >= 0.3 is 0 Å². The van der Waals surface area contributed by atoms with Crippen LogP contribution in [0.25, 0.3) is 0 Å². The van der Waals surface area contributed by atoms with Gasteiger partial charge in [-0.3, -0.25) is 0 Å². The minimum Gasteiger partial charge on any atom is -0.354 e. The zero-order valence-electron chi connectivity index (χ0n) is 13.3. The number of anilines is 3. The summed E-state index contributed by atoms with van der Waals surface area (Å²) in [6.45, 7) is 4.79. The summed E-state index contributed by atoms with van der Waals surface area (Å²) >= 11 is 0. The number of nitrogens with one attached hydrogen (secondary N) is 2. The molecule has 0 aromatic carbocycles. The van der Waals surface area contributed by atoms with Gasteiger partial charge in [-0.15, -0.1) is 0 Å². The molecule has 0 aliphatic carbocycles. The van der Waals surface area contributed by atoms with Crippen molar-refractivity contribution in [3.63, 3.8) is 0 Å². The van der Waals surface area contributed by atoms with Gasteiger partial charge in [-0.05, 0) is 40.4 Å². The van der Waals surface area contributed by atoms with Gasteiger partial charge in [0.15, 0.2) is 0 Å². The van der Waals surface area contributed by atoms with Crippen LogP contribution in [0.15, 0.2) is 0 Å². The highest BCUT2D eigenvalue weighted by atomic mass is 15.3. The lowest BCUT2D eigenvalue weighted by Gasteiger charge is -2.14. The van der Waals surface area contributed by atoms with E-state index in [1.54, 1.807) is 0 Å². The van der Waals surface area contributed by atoms with E-state index in [0.717, 1.165) is 32.5 Å². The largest absolute Gasteiger partial charge is 0.354 e. The highest BCUT2D eigenvalue weighted by Gasteiger charge is 2.07. The Morgan fingerprint density at radius 2 is 1.55 bits per heavy atom. The van der Waals surface area contributed by atoms with Crippen LogP contribution in [0.4, 0.5) is 17.8 Å². The van der Waals surface area contributed by atoms with E-state index in [9.17, 15) is 0 Å². The summed E-state index contributed by atoms with van der Waals surface area (Å²) in [5, 5.41) is 6.39. The predicted octanol–water partition coefficient (Wildman–Crippen LogP) is 1.12. The molecule has 20 heavy (non-hydrogen) atoms. The molecule has 1 heterocycles. The lowest BCUT2D eigenvalue weighted by atomic mass is 10.3. The summed E-state index contributed by atoms with van der Waals surface area (Å²) in [5.41, 5.74) is 0. The fourth-order valence-electron chi connectivity index (χ4n) is 1.63. The van der Waals surface area contributed by atoms with E-state index in [1.807, 2.05) is 25.9 Å². The van der Waals surface area contributed by atoms with Crippen LogP contribution < -0.4 is 15.5 Å². The molecule has 1 aromatic heterocycles. The third-order valence-corrected chi connectivity index (χ3v) is 2.67. The summed E-state index contributed by atoms with van der Waals surface area (Å²) < 4.78 is 0. The second-order valence-corrected chi connectivity index (χ2v) is 5.14. The van der Waals surface area contributed by atoms with E-state index in [0.29, 0.717) is 17.8 Å². The third-order valence-electron chi connectivity index (χ3n) is 2.67. The molecule has 0 bridgehead atoms. The first kappa shape index (κ1) is 16.4. The van der Waals surface area contributed by atoms with Crippen molar-refractivity contribution in [2.24, 2.45) is 0 Å². The van der Waals surface area contributed by atoms with Crippen molar-refractivity contribution in [2.75, 3.05) is 63.4 Å². The van der Waals surface area contributed by atoms with Crippen molar-refractivity contribution in [3.05, 3.63) is 0 Å². The second-order valence-electron chi connectivity index (χ2n) is 5.14. The number of aromatic nitrogens is 3. The van der Waals surface area contributed by atoms with Gasteiger partial charge in [0.1, 0.15) is 0 Å². The number of hydrogen-bond acceptors (Lipinski definition) is 7. The molecule has 114 valence electrons. The Kier molecular flexibility index (Phi) is 7.00. The van der Waals surface area contributed by atoms with E-state index in [-0.39, 0.29) is 0 Å². The van der Waals surface area contributed by atoms with Gasteiger partial charge < -0.3 is 20.4 Å². The molecule has 7 nitrogen and oxygen atoms in total. The Labute approximate surface area is 121 Å². The summed E-state index contributed by atoms with van der Waals surface area (Å²) in [6, 6.07) is 0. The number of unbranched alkanes of at least 4 members (excludes halogenated alkanes) is 1. The zero-order valence-corrected chi connectivity index (χ0v) is 13.3. The van der Waals surface area contributed by atoms with Crippen LogP contribution in [-0.4, -0.2) is 67.7 Å². The van der Waals surface area contributed by atoms with E-state index < -0.39 is 0 Å². The van der Waals surface area contributed by atoms with Crippen LogP contribution in [0.2, 0.25) is 0 Å². The topological polar surface area (TPSA) is 69.2 Å². The fourth-order valence-corrected chi connectivity index (χ4v) is 1.63. The van der Waals surface area contributed by atoms with Crippen molar-refractivity contribution in [1.29, 1.82) is 0 Å². The van der Waals surface area contributed by atoms with Crippen molar-refractivity contribution < 1.29 is 0 Å². The number of rotatable bonds is 9. The van der Waals surface area contributed by atoms with Crippen LogP contribution in [-0.2, 0) is 0 Å². The monoisotopic (exact) mass is 281 g/mol. The summed E-state index contributed by atoms with van der Waals surface area (Å²) in [5.74, 6) is 1.90. The smallest absolute Gasteiger partial charge is 0.231 e. The van der Waals surface area contributed by atoms with Crippen LogP contribution in [0.1, 0.15) is 19.8 Å². The molecule has 0 spiro atoms. The van der Waals surface area contributed by atoms with Crippen molar-refractivity contribution in [3.8, 4) is 0 Å². The lowest BCUT2D eigenvalue weighted by Crippen LogP contribution is -2.18. The molecule has 0 fully saturated rings.